The van der Waals surface area contributed by atoms with Gasteiger partial charge in [0.1, 0.15) is 0 Å². The highest BCUT2D eigenvalue weighted by Crippen LogP contribution is 2.32. The van der Waals surface area contributed by atoms with Crippen molar-refractivity contribution in [3.63, 3.8) is 0 Å². The first-order valence-electron chi connectivity index (χ1n) is 14.7. The molecule has 0 atom stereocenters. The molecule has 4 amide bonds. The summed E-state index contributed by atoms with van der Waals surface area (Å²) in [5, 5.41) is 4.13. The predicted octanol–water partition coefficient (Wildman–Crippen LogP) is 5.67. The number of piperazine rings is 1. The number of aromatic nitrogens is 2. The standard InChI is InChI=1S/C35H27ClN6O4/c1-21(43)37-25-9-11-26(12-10-25)42-33(45)27-13-7-23(19-28(27)34(42)46)32(44)40-15-17-41(18-16-40)35-38-30-14-8-24(36)20-29(30)31(39-35)22-5-3-2-4-6-22/h2-14,19-20H,15-18H2,1H3,(H,37,43). The first kappa shape index (κ1) is 29.1. The van der Waals surface area contributed by atoms with Crippen molar-refractivity contribution in [2.45, 2.75) is 6.92 Å². The molecule has 7 rings (SSSR count). The Morgan fingerprint density at radius 1 is 0.783 bits per heavy atom. The van der Waals surface area contributed by atoms with Crippen LogP contribution in [-0.2, 0) is 4.79 Å². The normalized spacial score (nSPS) is 14.5. The third-order valence-corrected chi connectivity index (χ3v) is 8.36. The third-order valence-electron chi connectivity index (χ3n) is 8.12. The second-order valence-corrected chi connectivity index (χ2v) is 11.5. The Kier molecular flexibility index (Phi) is 7.42. The third kappa shape index (κ3) is 5.33. The predicted molar refractivity (Wildman–Crippen MR) is 176 cm³/mol. The van der Waals surface area contributed by atoms with E-state index in [0.717, 1.165) is 27.1 Å². The lowest BCUT2D eigenvalue weighted by atomic mass is 10.0. The molecular formula is C35H27ClN6O4. The Hall–Kier alpha value is -5.61. The van der Waals surface area contributed by atoms with Crippen LogP contribution in [0.1, 0.15) is 38.0 Å². The Morgan fingerprint density at radius 3 is 2.22 bits per heavy atom. The molecule has 3 heterocycles. The van der Waals surface area contributed by atoms with Gasteiger partial charge in [-0.2, -0.15) is 0 Å². The molecule has 1 fully saturated rings. The molecule has 4 aromatic carbocycles. The van der Waals surface area contributed by atoms with Gasteiger partial charge in [0.25, 0.3) is 17.7 Å². The van der Waals surface area contributed by atoms with Crippen molar-refractivity contribution in [2.75, 3.05) is 41.3 Å². The van der Waals surface area contributed by atoms with Gasteiger partial charge in [0.2, 0.25) is 11.9 Å². The van der Waals surface area contributed by atoms with Crippen molar-refractivity contribution < 1.29 is 19.2 Å². The molecule has 0 radical (unpaired) electrons. The molecule has 46 heavy (non-hydrogen) atoms. The van der Waals surface area contributed by atoms with Crippen LogP contribution in [0.5, 0.6) is 0 Å². The van der Waals surface area contributed by atoms with Crippen molar-refractivity contribution in [3.8, 4) is 11.3 Å². The molecule has 2 aliphatic rings. The average Bonchev–Trinajstić information content (AvgIpc) is 3.33. The molecule has 1 N–H and O–H groups in total. The van der Waals surface area contributed by atoms with E-state index in [1.807, 2.05) is 48.5 Å². The lowest BCUT2D eigenvalue weighted by Crippen LogP contribution is -2.49. The number of rotatable bonds is 5. The van der Waals surface area contributed by atoms with Crippen LogP contribution >= 0.6 is 11.6 Å². The van der Waals surface area contributed by atoms with Gasteiger partial charge in [0, 0.05) is 60.3 Å². The summed E-state index contributed by atoms with van der Waals surface area (Å²) in [6.45, 7) is 3.29. The highest BCUT2D eigenvalue weighted by atomic mass is 35.5. The molecule has 228 valence electrons. The van der Waals surface area contributed by atoms with E-state index in [4.69, 9.17) is 21.6 Å². The molecule has 0 saturated carbocycles. The fourth-order valence-electron chi connectivity index (χ4n) is 5.84. The van der Waals surface area contributed by atoms with Crippen molar-refractivity contribution in [3.05, 3.63) is 113 Å². The van der Waals surface area contributed by atoms with Gasteiger partial charge in [-0.05, 0) is 60.7 Å². The van der Waals surface area contributed by atoms with Crippen LogP contribution in [0.2, 0.25) is 5.02 Å². The van der Waals surface area contributed by atoms with Crippen molar-refractivity contribution >= 4 is 63.5 Å². The zero-order valence-electron chi connectivity index (χ0n) is 24.7. The summed E-state index contributed by atoms with van der Waals surface area (Å²) >= 11 is 6.31. The van der Waals surface area contributed by atoms with Gasteiger partial charge in [0.05, 0.1) is 28.0 Å². The molecule has 5 aromatic rings. The van der Waals surface area contributed by atoms with Gasteiger partial charge >= 0.3 is 0 Å². The van der Waals surface area contributed by atoms with E-state index in [1.54, 1.807) is 35.2 Å². The first-order valence-corrected chi connectivity index (χ1v) is 15.1. The van der Waals surface area contributed by atoms with Crippen molar-refractivity contribution in [1.29, 1.82) is 0 Å². The summed E-state index contributed by atoms with van der Waals surface area (Å²) in [5.74, 6) is -0.840. The van der Waals surface area contributed by atoms with Crippen LogP contribution in [0.15, 0.2) is 91.0 Å². The number of fused-ring (bicyclic) bond motifs is 2. The highest BCUT2D eigenvalue weighted by molar-refractivity contribution is 6.34. The number of halogens is 1. The van der Waals surface area contributed by atoms with E-state index in [1.165, 1.54) is 19.1 Å². The van der Waals surface area contributed by atoms with Crippen LogP contribution in [0, 0.1) is 0 Å². The Morgan fingerprint density at radius 2 is 1.50 bits per heavy atom. The minimum atomic E-state index is -0.504. The van der Waals surface area contributed by atoms with Gasteiger partial charge in [-0.1, -0.05) is 41.9 Å². The molecular weight excluding hydrogens is 604 g/mol. The number of carbonyl (C=O) groups is 4. The number of nitrogens with zero attached hydrogens (tertiary/aromatic N) is 5. The number of anilines is 3. The number of amides is 4. The number of nitrogens with one attached hydrogen (secondary N) is 1. The summed E-state index contributed by atoms with van der Waals surface area (Å²) < 4.78 is 0. The van der Waals surface area contributed by atoms with E-state index < -0.39 is 11.8 Å². The minimum Gasteiger partial charge on any atom is -0.337 e. The van der Waals surface area contributed by atoms with Gasteiger partial charge in [-0.3, -0.25) is 19.2 Å². The fraction of sp³-hybridized carbons (Fsp3) is 0.143. The molecule has 1 saturated heterocycles. The van der Waals surface area contributed by atoms with E-state index in [2.05, 4.69) is 10.2 Å². The van der Waals surface area contributed by atoms with Crippen molar-refractivity contribution in [1.82, 2.24) is 14.9 Å². The number of imide groups is 1. The van der Waals surface area contributed by atoms with E-state index in [9.17, 15) is 19.2 Å². The van der Waals surface area contributed by atoms with Crippen LogP contribution in [0.3, 0.4) is 0 Å². The summed E-state index contributed by atoms with van der Waals surface area (Å²) in [6, 6.07) is 26.5. The number of benzene rings is 4. The zero-order chi connectivity index (χ0) is 31.9. The Bertz CT molecular complexity index is 2040. The lowest BCUT2D eigenvalue weighted by molar-refractivity contribution is -0.114. The van der Waals surface area contributed by atoms with E-state index in [0.29, 0.717) is 54.1 Å². The van der Waals surface area contributed by atoms with E-state index >= 15 is 0 Å². The lowest BCUT2D eigenvalue weighted by Gasteiger charge is -2.35. The summed E-state index contributed by atoms with van der Waals surface area (Å²) in [5.41, 5.74) is 4.20. The molecule has 0 aliphatic carbocycles. The highest BCUT2D eigenvalue weighted by Gasteiger charge is 2.37. The van der Waals surface area contributed by atoms with Gasteiger partial charge in [-0.25, -0.2) is 14.9 Å². The summed E-state index contributed by atoms with van der Waals surface area (Å²) in [4.78, 5) is 66.0. The Balaban J connectivity index is 1.08. The van der Waals surface area contributed by atoms with Gasteiger partial charge < -0.3 is 15.1 Å². The largest absolute Gasteiger partial charge is 0.337 e. The molecule has 10 nitrogen and oxygen atoms in total. The first-order chi connectivity index (χ1) is 22.3. The maximum Gasteiger partial charge on any atom is 0.266 e. The van der Waals surface area contributed by atoms with Gasteiger partial charge in [-0.15, -0.1) is 0 Å². The molecule has 0 unspecified atom stereocenters. The molecule has 1 aromatic heterocycles. The number of carbonyl (C=O) groups excluding carboxylic acids is 4. The summed E-state index contributed by atoms with van der Waals surface area (Å²) in [7, 11) is 0. The second-order valence-electron chi connectivity index (χ2n) is 11.1. The molecule has 11 heteroatoms. The Labute approximate surface area is 269 Å². The average molecular weight is 631 g/mol. The van der Waals surface area contributed by atoms with Gasteiger partial charge in [0.15, 0.2) is 0 Å². The van der Waals surface area contributed by atoms with Crippen LogP contribution < -0.4 is 15.1 Å². The van der Waals surface area contributed by atoms with Crippen LogP contribution in [0.25, 0.3) is 22.2 Å². The van der Waals surface area contributed by atoms with E-state index in [-0.39, 0.29) is 22.9 Å². The maximum absolute atomic E-state index is 13.6. The smallest absolute Gasteiger partial charge is 0.266 e. The maximum atomic E-state index is 13.6. The topological polar surface area (TPSA) is 116 Å². The number of hydrogen-bond acceptors (Lipinski definition) is 7. The molecule has 2 aliphatic heterocycles. The quantitative estimate of drug-likeness (QED) is 0.249. The van der Waals surface area contributed by atoms with Crippen LogP contribution in [-0.4, -0.2) is 64.7 Å². The SMILES string of the molecule is CC(=O)Nc1ccc(N2C(=O)c3ccc(C(=O)N4CCN(c5nc(-c6ccccc6)c6cc(Cl)ccc6n5)CC4)cc3C2=O)cc1. The molecule has 0 bridgehead atoms. The second kappa shape index (κ2) is 11.7. The minimum absolute atomic E-state index is 0.179. The molecule has 0 spiro atoms. The number of hydrogen-bond donors (Lipinski definition) is 1. The zero-order valence-corrected chi connectivity index (χ0v) is 25.5. The summed E-state index contributed by atoms with van der Waals surface area (Å²) in [6.07, 6.45) is 0. The fourth-order valence-corrected chi connectivity index (χ4v) is 6.02. The van der Waals surface area contributed by atoms with Crippen LogP contribution in [0.4, 0.5) is 17.3 Å². The van der Waals surface area contributed by atoms with Crippen molar-refractivity contribution in [2.24, 2.45) is 0 Å². The monoisotopic (exact) mass is 630 g/mol.